The quantitative estimate of drug-likeness (QED) is 0.513. The topological polar surface area (TPSA) is 0 Å². The van der Waals surface area contributed by atoms with E-state index in [2.05, 4.69) is 33.8 Å². The second-order valence-electron chi connectivity index (χ2n) is 7.21. The molecular weight excluding hydrogens is 180 g/mol. The van der Waals surface area contributed by atoms with Gasteiger partial charge in [-0.1, -0.05) is 32.4 Å². The summed E-state index contributed by atoms with van der Waals surface area (Å²) in [5.41, 5.74) is 3.01. The molecule has 0 aromatic carbocycles. The Balaban J connectivity index is 2.05. The monoisotopic (exact) mass is 204 g/mol. The normalized spacial score (nSPS) is 51.5. The van der Waals surface area contributed by atoms with Crippen molar-refractivity contribution in [3.05, 3.63) is 11.6 Å². The zero-order chi connectivity index (χ0) is 10.8. The highest BCUT2D eigenvalue weighted by Crippen LogP contribution is 2.70. The van der Waals surface area contributed by atoms with Crippen LogP contribution in [0, 0.1) is 28.6 Å². The highest BCUT2D eigenvalue weighted by molar-refractivity contribution is 5.28. The molecule has 1 spiro atoms. The van der Waals surface area contributed by atoms with Crippen LogP contribution in [0.25, 0.3) is 0 Å². The largest absolute Gasteiger partial charge is 0.0816 e. The first kappa shape index (κ1) is 9.93. The van der Waals surface area contributed by atoms with Gasteiger partial charge in [0.15, 0.2) is 0 Å². The summed E-state index contributed by atoms with van der Waals surface area (Å²) in [5.74, 6) is 2.82. The second kappa shape index (κ2) is 2.70. The van der Waals surface area contributed by atoms with E-state index in [-0.39, 0.29) is 0 Å². The van der Waals surface area contributed by atoms with Crippen molar-refractivity contribution in [2.45, 2.75) is 53.4 Å². The summed E-state index contributed by atoms with van der Waals surface area (Å²) in [4.78, 5) is 0. The number of hydrogen-bond acceptors (Lipinski definition) is 0. The molecule has 0 saturated heterocycles. The first-order valence-electron chi connectivity index (χ1n) is 6.64. The van der Waals surface area contributed by atoms with Crippen molar-refractivity contribution in [3.63, 3.8) is 0 Å². The molecule has 0 radical (unpaired) electrons. The number of allylic oxidation sites excluding steroid dienone is 2. The van der Waals surface area contributed by atoms with Crippen molar-refractivity contribution >= 4 is 0 Å². The van der Waals surface area contributed by atoms with Gasteiger partial charge in [0, 0.05) is 0 Å². The van der Waals surface area contributed by atoms with Gasteiger partial charge in [0.25, 0.3) is 0 Å². The van der Waals surface area contributed by atoms with E-state index < -0.39 is 0 Å². The lowest BCUT2D eigenvalue weighted by atomic mass is 9.67. The van der Waals surface area contributed by atoms with E-state index in [1.54, 1.807) is 5.57 Å². The molecule has 0 heteroatoms. The molecule has 3 aliphatic carbocycles. The van der Waals surface area contributed by atoms with Gasteiger partial charge < -0.3 is 0 Å². The minimum Gasteiger partial charge on any atom is -0.0816 e. The molecular formula is C15H24. The van der Waals surface area contributed by atoms with Gasteiger partial charge >= 0.3 is 0 Å². The van der Waals surface area contributed by atoms with Crippen LogP contribution >= 0.6 is 0 Å². The summed E-state index contributed by atoms with van der Waals surface area (Å²) in [6.07, 6.45) is 8.49. The highest BCUT2D eigenvalue weighted by atomic mass is 14.7. The lowest BCUT2D eigenvalue weighted by Crippen LogP contribution is -2.31. The lowest BCUT2D eigenvalue weighted by molar-refractivity contribution is 0.135. The molecule has 0 bridgehead atoms. The van der Waals surface area contributed by atoms with Crippen molar-refractivity contribution in [2.24, 2.45) is 28.6 Å². The highest BCUT2D eigenvalue weighted by Gasteiger charge is 2.61. The van der Waals surface area contributed by atoms with Gasteiger partial charge in [-0.05, 0) is 61.2 Å². The number of rotatable bonds is 0. The first-order chi connectivity index (χ1) is 6.96. The van der Waals surface area contributed by atoms with Crippen LogP contribution in [-0.2, 0) is 0 Å². The van der Waals surface area contributed by atoms with Gasteiger partial charge in [0.1, 0.15) is 0 Å². The van der Waals surface area contributed by atoms with Crippen molar-refractivity contribution in [1.29, 1.82) is 0 Å². The lowest BCUT2D eigenvalue weighted by Gasteiger charge is -2.36. The van der Waals surface area contributed by atoms with E-state index in [0.717, 1.165) is 17.8 Å². The third kappa shape index (κ3) is 1.09. The molecule has 3 rings (SSSR count). The molecule has 2 fully saturated rings. The molecule has 0 N–H and O–H groups in total. The van der Waals surface area contributed by atoms with E-state index in [4.69, 9.17) is 0 Å². The molecule has 0 amide bonds. The van der Waals surface area contributed by atoms with Crippen LogP contribution in [0.5, 0.6) is 0 Å². The minimum atomic E-state index is 0.596. The average Bonchev–Trinajstić information content (AvgIpc) is 2.61. The zero-order valence-corrected chi connectivity index (χ0v) is 10.6. The van der Waals surface area contributed by atoms with Crippen LogP contribution in [0.15, 0.2) is 11.6 Å². The Bertz CT molecular complexity index is 323. The van der Waals surface area contributed by atoms with Crippen LogP contribution in [0.3, 0.4) is 0 Å². The Labute approximate surface area is 94.1 Å². The van der Waals surface area contributed by atoms with E-state index in [0.29, 0.717) is 10.8 Å². The van der Waals surface area contributed by atoms with Gasteiger partial charge in [0.05, 0.1) is 0 Å². The standard InChI is InChI=1S/C15H24/c1-10-7-12-8-14(3,4)9-15(12)11(2)5-6-13(10)15/h7,11-13H,5-6,8-9H2,1-4H3. The van der Waals surface area contributed by atoms with Gasteiger partial charge in [0.2, 0.25) is 0 Å². The minimum absolute atomic E-state index is 0.596. The van der Waals surface area contributed by atoms with Crippen molar-refractivity contribution < 1.29 is 0 Å². The van der Waals surface area contributed by atoms with Crippen LogP contribution in [0.2, 0.25) is 0 Å². The van der Waals surface area contributed by atoms with E-state index in [9.17, 15) is 0 Å². The second-order valence-corrected chi connectivity index (χ2v) is 7.21. The van der Waals surface area contributed by atoms with Crippen LogP contribution in [0.1, 0.15) is 53.4 Å². The van der Waals surface area contributed by atoms with Crippen molar-refractivity contribution in [1.82, 2.24) is 0 Å². The smallest absolute Gasteiger partial charge is 0.0138 e. The Morgan fingerprint density at radius 1 is 1.27 bits per heavy atom. The maximum atomic E-state index is 2.63. The Morgan fingerprint density at radius 3 is 2.73 bits per heavy atom. The average molecular weight is 204 g/mol. The van der Waals surface area contributed by atoms with Gasteiger partial charge in [-0.25, -0.2) is 0 Å². The fourth-order valence-electron chi connectivity index (χ4n) is 5.34. The summed E-state index contributed by atoms with van der Waals surface area (Å²) in [7, 11) is 0. The van der Waals surface area contributed by atoms with Gasteiger partial charge in [-0.2, -0.15) is 0 Å². The number of hydrogen-bond donors (Lipinski definition) is 0. The summed E-state index contributed by atoms with van der Waals surface area (Å²) in [6.45, 7) is 9.85. The van der Waals surface area contributed by atoms with E-state index >= 15 is 0 Å². The van der Waals surface area contributed by atoms with Gasteiger partial charge in [-0.3, -0.25) is 0 Å². The molecule has 2 saturated carbocycles. The predicted molar refractivity (Wildman–Crippen MR) is 64.6 cm³/mol. The van der Waals surface area contributed by atoms with Crippen molar-refractivity contribution in [2.75, 3.05) is 0 Å². The molecule has 0 aromatic rings. The summed E-state index contributed by atoms with van der Waals surface area (Å²) < 4.78 is 0. The summed E-state index contributed by atoms with van der Waals surface area (Å²) in [6, 6.07) is 0. The van der Waals surface area contributed by atoms with E-state index in [1.165, 1.54) is 25.7 Å². The third-order valence-electron chi connectivity index (χ3n) is 5.72. The molecule has 0 nitrogen and oxygen atoms in total. The fourth-order valence-corrected chi connectivity index (χ4v) is 5.34. The Morgan fingerprint density at radius 2 is 2.00 bits per heavy atom. The molecule has 84 valence electrons. The Kier molecular flexibility index (Phi) is 1.79. The van der Waals surface area contributed by atoms with E-state index in [1.807, 2.05) is 0 Å². The zero-order valence-electron chi connectivity index (χ0n) is 10.6. The third-order valence-corrected chi connectivity index (χ3v) is 5.72. The molecule has 4 unspecified atom stereocenters. The van der Waals surface area contributed by atoms with Gasteiger partial charge in [-0.15, -0.1) is 0 Å². The maximum absolute atomic E-state index is 2.63. The summed E-state index contributed by atoms with van der Waals surface area (Å²) in [5, 5.41) is 0. The molecule has 15 heavy (non-hydrogen) atoms. The molecule has 3 aliphatic rings. The molecule has 0 heterocycles. The molecule has 0 aliphatic heterocycles. The van der Waals surface area contributed by atoms with Crippen molar-refractivity contribution in [3.8, 4) is 0 Å². The van der Waals surface area contributed by atoms with Crippen LogP contribution < -0.4 is 0 Å². The Hall–Kier alpha value is -0.260. The predicted octanol–water partition coefficient (Wildman–Crippen LogP) is 4.42. The molecule has 0 aromatic heterocycles. The maximum Gasteiger partial charge on any atom is -0.0138 e. The van der Waals surface area contributed by atoms with Crippen LogP contribution in [-0.4, -0.2) is 0 Å². The SMILES string of the molecule is CC1=CC2CC(C)(C)CC23C(C)CCC13. The van der Waals surface area contributed by atoms with Crippen LogP contribution in [0.4, 0.5) is 0 Å². The summed E-state index contributed by atoms with van der Waals surface area (Å²) >= 11 is 0. The fraction of sp³-hybridized carbons (Fsp3) is 0.867. The molecule has 4 atom stereocenters. The first-order valence-corrected chi connectivity index (χ1v) is 6.64.